The van der Waals surface area contributed by atoms with Crippen LogP contribution in [0.25, 0.3) is 0 Å². The van der Waals surface area contributed by atoms with Crippen LogP contribution in [-0.2, 0) is 16.4 Å². The Labute approximate surface area is 185 Å². The Hall–Kier alpha value is -3.65. The maximum atomic E-state index is 13.1. The van der Waals surface area contributed by atoms with E-state index in [0.717, 1.165) is 5.56 Å². The van der Waals surface area contributed by atoms with E-state index >= 15 is 0 Å². The fraction of sp³-hybridized carbons (Fsp3) is 0.167. The molecule has 3 aromatic rings. The average molecular weight is 449 g/mol. The highest BCUT2D eigenvalue weighted by Crippen LogP contribution is 2.35. The second-order valence-electron chi connectivity index (χ2n) is 7.68. The van der Waals surface area contributed by atoms with Gasteiger partial charge in [0.05, 0.1) is 9.79 Å². The molecule has 0 aromatic heterocycles. The van der Waals surface area contributed by atoms with Crippen molar-refractivity contribution in [2.45, 2.75) is 16.3 Å². The van der Waals surface area contributed by atoms with Crippen molar-refractivity contribution >= 4 is 21.5 Å². The summed E-state index contributed by atoms with van der Waals surface area (Å²) in [5.41, 5.74) is 1.27. The van der Waals surface area contributed by atoms with Crippen molar-refractivity contribution in [1.29, 1.82) is 0 Å². The molecule has 0 aliphatic carbocycles. The molecule has 8 heteroatoms. The summed E-state index contributed by atoms with van der Waals surface area (Å²) in [5, 5.41) is 0. The van der Waals surface area contributed by atoms with E-state index in [1.165, 1.54) is 35.2 Å². The van der Waals surface area contributed by atoms with Gasteiger partial charge in [-0.25, -0.2) is 8.42 Å². The van der Waals surface area contributed by atoms with Crippen LogP contribution in [0.2, 0.25) is 0 Å². The normalized spacial score (nSPS) is 15.5. The number of benzene rings is 3. The van der Waals surface area contributed by atoms with Gasteiger partial charge in [-0.2, -0.15) is 0 Å². The van der Waals surface area contributed by atoms with E-state index in [9.17, 15) is 18.0 Å². The first-order valence-corrected chi connectivity index (χ1v) is 11.5. The van der Waals surface area contributed by atoms with Gasteiger partial charge in [0.2, 0.25) is 9.84 Å². The molecule has 1 amide bonds. The number of sulfone groups is 1. The SMILES string of the molecule is CN(Cc1ccc2c(c1)OCCO2)C(=O)c1ccc2c(c1)S(=O)(=O)c1ccccc1C2=O. The van der Waals surface area contributed by atoms with Gasteiger partial charge >= 0.3 is 0 Å². The van der Waals surface area contributed by atoms with Crippen LogP contribution in [0.3, 0.4) is 0 Å². The van der Waals surface area contributed by atoms with Gasteiger partial charge in [-0.1, -0.05) is 18.2 Å². The number of hydrogen-bond acceptors (Lipinski definition) is 6. The molecule has 162 valence electrons. The Balaban J connectivity index is 1.44. The lowest BCUT2D eigenvalue weighted by Gasteiger charge is -2.22. The van der Waals surface area contributed by atoms with Gasteiger partial charge in [0.15, 0.2) is 17.3 Å². The fourth-order valence-corrected chi connectivity index (χ4v) is 5.65. The van der Waals surface area contributed by atoms with Crippen LogP contribution in [0.1, 0.15) is 31.8 Å². The summed E-state index contributed by atoms with van der Waals surface area (Å²) in [5.74, 6) is 0.573. The zero-order valence-corrected chi connectivity index (χ0v) is 18.0. The molecule has 0 saturated carbocycles. The van der Waals surface area contributed by atoms with E-state index in [0.29, 0.717) is 31.3 Å². The number of ketones is 1. The molecule has 7 nitrogen and oxygen atoms in total. The molecule has 0 saturated heterocycles. The van der Waals surface area contributed by atoms with Crippen LogP contribution in [-0.4, -0.2) is 45.3 Å². The topological polar surface area (TPSA) is 90.0 Å². The third-order valence-electron chi connectivity index (χ3n) is 5.56. The Bertz CT molecular complexity index is 1380. The maximum absolute atomic E-state index is 13.1. The molecule has 2 heterocycles. The Morgan fingerprint density at radius 3 is 2.44 bits per heavy atom. The summed E-state index contributed by atoms with van der Waals surface area (Å²) in [7, 11) is -2.27. The van der Waals surface area contributed by atoms with Crippen LogP contribution in [0, 0.1) is 0 Å². The molecule has 2 aliphatic heterocycles. The van der Waals surface area contributed by atoms with E-state index in [2.05, 4.69) is 0 Å². The number of rotatable bonds is 3. The molecule has 0 unspecified atom stereocenters. The lowest BCUT2D eigenvalue weighted by atomic mass is 10.0. The molecule has 0 fully saturated rings. The Kier molecular flexibility index (Phi) is 4.74. The minimum Gasteiger partial charge on any atom is -0.486 e. The standard InChI is InChI=1S/C24H19NO6S/c1-25(14-15-6-9-19-20(12-15)31-11-10-30-19)24(27)16-7-8-18-22(13-16)32(28,29)21-5-3-2-4-17(21)23(18)26/h2-9,12-13H,10-11,14H2,1H3. The first kappa shape index (κ1) is 20.3. The highest BCUT2D eigenvalue weighted by molar-refractivity contribution is 7.91. The minimum atomic E-state index is -3.91. The third-order valence-corrected chi connectivity index (χ3v) is 7.41. The molecule has 5 rings (SSSR count). The lowest BCUT2D eigenvalue weighted by Crippen LogP contribution is -2.27. The molecule has 3 aromatic carbocycles. The van der Waals surface area contributed by atoms with Gasteiger partial charge in [-0.05, 0) is 48.0 Å². The highest BCUT2D eigenvalue weighted by atomic mass is 32.2. The van der Waals surface area contributed by atoms with Crippen molar-refractivity contribution < 1.29 is 27.5 Å². The summed E-state index contributed by atoms with van der Waals surface area (Å²) in [6, 6.07) is 15.8. The predicted molar refractivity (Wildman–Crippen MR) is 115 cm³/mol. The first-order valence-electron chi connectivity index (χ1n) is 10.0. The van der Waals surface area contributed by atoms with Crippen molar-refractivity contribution in [3.8, 4) is 11.5 Å². The van der Waals surface area contributed by atoms with Crippen LogP contribution in [0.4, 0.5) is 0 Å². The van der Waals surface area contributed by atoms with Crippen molar-refractivity contribution in [2.24, 2.45) is 0 Å². The first-order chi connectivity index (χ1) is 15.4. The molecule has 0 N–H and O–H groups in total. The van der Waals surface area contributed by atoms with Gasteiger partial charge in [0, 0.05) is 30.3 Å². The van der Waals surface area contributed by atoms with E-state index in [4.69, 9.17) is 9.47 Å². The fourth-order valence-electron chi connectivity index (χ4n) is 3.97. The monoisotopic (exact) mass is 449 g/mol. The number of fused-ring (bicyclic) bond motifs is 3. The number of carbonyl (C=O) groups is 2. The minimum absolute atomic E-state index is 0.0354. The van der Waals surface area contributed by atoms with Gasteiger partial charge < -0.3 is 14.4 Å². The molecule has 0 spiro atoms. The van der Waals surface area contributed by atoms with Crippen molar-refractivity contribution in [1.82, 2.24) is 4.90 Å². The third kappa shape index (κ3) is 3.23. The van der Waals surface area contributed by atoms with Crippen LogP contribution in [0.15, 0.2) is 70.5 Å². The predicted octanol–water partition coefficient (Wildman–Crippen LogP) is 3.11. The molecular formula is C24H19NO6S. The van der Waals surface area contributed by atoms with Gasteiger partial charge in [-0.15, -0.1) is 0 Å². The van der Waals surface area contributed by atoms with Crippen LogP contribution in [0.5, 0.6) is 11.5 Å². The zero-order valence-electron chi connectivity index (χ0n) is 17.2. The number of ether oxygens (including phenoxy) is 2. The number of nitrogens with zero attached hydrogens (tertiary/aromatic N) is 1. The Morgan fingerprint density at radius 2 is 1.62 bits per heavy atom. The van der Waals surface area contributed by atoms with Gasteiger partial charge in [-0.3, -0.25) is 9.59 Å². The number of hydrogen-bond donors (Lipinski definition) is 0. The van der Waals surface area contributed by atoms with Crippen molar-refractivity contribution in [3.63, 3.8) is 0 Å². The van der Waals surface area contributed by atoms with Crippen molar-refractivity contribution in [2.75, 3.05) is 20.3 Å². The summed E-state index contributed by atoms with van der Waals surface area (Å²) >= 11 is 0. The summed E-state index contributed by atoms with van der Waals surface area (Å²) in [6.45, 7) is 1.26. The summed E-state index contributed by atoms with van der Waals surface area (Å²) in [6.07, 6.45) is 0. The highest BCUT2D eigenvalue weighted by Gasteiger charge is 2.35. The molecule has 2 aliphatic rings. The number of amides is 1. The van der Waals surface area contributed by atoms with Gasteiger partial charge in [0.25, 0.3) is 5.91 Å². The lowest BCUT2D eigenvalue weighted by molar-refractivity contribution is 0.0784. The van der Waals surface area contributed by atoms with E-state index in [1.54, 1.807) is 25.2 Å². The molecule has 0 bridgehead atoms. The number of carbonyl (C=O) groups excluding carboxylic acids is 2. The second-order valence-corrected chi connectivity index (χ2v) is 9.57. The van der Waals surface area contributed by atoms with E-state index in [-0.39, 0.29) is 38.2 Å². The maximum Gasteiger partial charge on any atom is 0.253 e. The quantitative estimate of drug-likeness (QED) is 0.477. The molecule has 0 radical (unpaired) electrons. The summed E-state index contributed by atoms with van der Waals surface area (Å²) < 4.78 is 37.3. The van der Waals surface area contributed by atoms with Gasteiger partial charge in [0.1, 0.15) is 13.2 Å². The zero-order chi connectivity index (χ0) is 22.5. The van der Waals surface area contributed by atoms with Crippen molar-refractivity contribution in [3.05, 3.63) is 82.9 Å². The summed E-state index contributed by atoms with van der Waals surface area (Å²) in [4.78, 5) is 27.1. The van der Waals surface area contributed by atoms with E-state index < -0.39 is 9.84 Å². The molecular weight excluding hydrogens is 430 g/mol. The smallest absolute Gasteiger partial charge is 0.253 e. The second kappa shape index (κ2) is 7.49. The largest absolute Gasteiger partial charge is 0.486 e. The Morgan fingerprint density at radius 1 is 0.906 bits per heavy atom. The molecule has 0 atom stereocenters. The molecule has 32 heavy (non-hydrogen) atoms. The van der Waals surface area contributed by atoms with Crippen LogP contribution >= 0.6 is 0 Å². The van der Waals surface area contributed by atoms with E-state index in [1.807, 2.05) is 12.1 Å². The van der Waals surface area contributed by atoms with Crippen LogP contribution < -0.4 is 9.47 Å². The average Bonchev–Trinajstić information content (AvgIpc) is 2.82.